The highest BCUT2D eigenvalue weighted by Gasteiger charge is 2.25. The van der Waals surface area contributed by atoms with Crippen LogP contribution in [0.2, 0.25) is 0 Å². The lowest BCUT2D eigenvalue weighted by Crippen LogP contribution is -2.52. The molecule has 0 aromatic carbocycles. The van der Waals surface area contributed by atoms with Gasteiger partial charge >= 0.3 is 5.97 Å². The number of aliphatic carboxylic acids is 1. The van der Waals surface area contributed by atoms with E-state index in [1.165, 1.54) is 0 Å². The summed E-state index contributed by atoms with van der Waals surface area (Å²) in [6, 6.07) is -0.404. The largest absolute Gasteiger partial charge is 0.480 e. The lowest BCUT2D eigenvalue weighted by molar-refractivity contribution is -0.143. The van der Waals surface area contributed by atoms with E-state index in [1.807, 2.05) is 4.90 Å². The van der Waals surface area contributed by atoms with E-state index in [2.05, 4.69) is 4.90 Å². The molecule has 0 aliphatic carbocycles. The SMILES string of the molecule is CC(O)CN1CCN(C(C)C(=O)O)CC1. The molecule has 2 unspecified atom stereocenters. The smallest absolute Gasteiger partial charge is 0.320 e. The molecular weight excluding hydrogens is 196 g/mol. The van der Waals surface area contributed by atoms with Gasteiger partial charge in [-0.1, -0.05) is 0 Å². The molecule has 1 fully saturated rings. The first kappa shape index (κ1) is 12.4. The number of piperazine rings is 1. The van der Waals surface area contributed by atoms with Gasteiger partial charge in [0.25, 0.3) is 0 Å². The molecule has 0 spiro atoms. The second-order valence-electron chi connectivity index (χ2n) is 4.20. The van der Waals surface area contributed by atoms with Gasteiger partial charge in [-0.15, -0.1) is 0 Å². The van der Waals surface area contributed by atoms with Crippen molar-refractivity contribution in [1.82, 2.24) is 9.80 Å². The van der Waals surface area contributed by atoms with E-state index in [9.17, 15) is 9.90 Å². The Balaban J connectivity index is 2.32. The number of carbonyl (C=O) groups is 1. The van der Waals surface area contributed by atoms with Crippen molar-refractivity contribution in [3.63, 3.8) is 0 Å². The summed E-state index contributed by atoms with van der Waals surface area (Å²) in [6.07, 6.45) is -0.312. The van der Waals surface area contributed by atoms with Crippen LogP contribution in [0.3, 0.4) is 0 Å². The van der Waals surface area contributed by atoms with E-state index >= 15 is 0 Å². The zero-order valence-electron chi connectivity index (χ0n) is 9.39. The third-order valence-corrected chi connectivity index (χ3v) is 2.83. The Morgan fingerprint density at radius 1 is 1.27 bits per heavy atom. The van der Waals surface area contributed by atoms with Crippen molar-refractivity contribution in [1.29, 1.82) is 0 Å². The minimum atomic E-state index is -0.765. The Morgan fingerprint density at radius 3 is 2.20 bits per heavy atom. The topological polar surface area (TPSA) is 64.0 Å². The molecule has 0 radical (unpaired) electrons. The summed E-state index contributed by atoms with van der Waals surface area (Å²) in [7, 11) is 0. The highest BCUT2D eigenvalue weighted by atomic mass is 16.4. The first-order valence-corrected chi connectivity index (χ1v) is 5.38. The predicted octanol–water partition coefficient (Wildman–Crippen LogP) is -0.542. The number of carboxylic acids is 1. The summed E-state index contributed by atoms with van der Waals surface area (Å²) in [4.78, 5) is 14.9. The number of aliphatic hydroxyl groups excluding tert-OH is 1. The molecule has 0 amide bonds. The fourth-order valence-electron chi connectivity index (χ4n) is 1.86. The second kappa shape index (κ2) is 5.44. The maximum atomic E-state index is 10.8. The van der Waals surface area contributed by atoms with Gasteiger partial charge in [-0.3, -0.25) is 14.6 Å². The monoisotopic (exact) mass is 216 g/mol. The molecule has 0 bridgehead atoms. The Kier molecular flexibility index (Phi) is 4.50. The van der Waals surface area contributed by atoms with Crippen molar-refractivity contribution in [3.8, 4) is 0 Å². The molecular formula is C10H20N2O3. The highest BCUT2D eigenvalue weighted by molar-refractivity contribution is 5.72. The van der Waals surface area contributed by atoms with E-state index in [-0.39, 0.29) is 6.10 Å². The molecule has 15 heavy (non-hydrogen) atoms. The van der Waals surface area contributed by atoms with Crippen molar-refractivity contribution in [2.24, 2.45) is 0 Å². The molecule has 0 saturated carbocycles. The summed E-state index contributed by atoms with van der Waals surface area (Å²) >= 11 is 0. The van der Waals surface area contributed by atoms with E-state index in [4.69, 9.17) is 5.11 Å². The van der Waals surface area contributed by atoms with Crippen LogP contribution in [0, 0.1) is 0 Å². The Labute approximate surface area is 90.3 Å². The Bertz CT molecular complexity index is 213. The summed E-state index contributed by atoms with van der Waals surface area (Å²) in [6.45, 7) is 7.36. The van der Waals surface area contributed by atoms with Gasteiger partial charge in [-0.25, -0.2) is 0 Å². The number of hydrogen-bond acceptors (Lipinski definition) is 4. The van der Waals surface area contributed by atoms with E-state index < -0.39 is 12.0 Å². The van der Waals surface area contributed by atoms with E-state index in [0.29, 0.717) is 6.54 Å². The third kappa shape index (κ3) is 3.77. The van der Waals surface area contributed by atoms with E-state index in [1.54, 1.807) is 13.8 Å². The number of carboxylic acid groups (broad SMARTS) is 1. The van der Waals surface area contributed by atoms with Gasteiger partial charge in [0, 0.05) is 32.7 Å². The summed E-state index contributed by atoms with van der Waals surface area (Å²) < 4.78 is 0. The highest BCUT2D eigenvalue weighted by Crippen LogP contribution is 2.06. The first-order valence-electron chi connectivity index (χ1n) is 5.38. The van der Waals surface area contributed by atoms with Crippen molar-refractivity contribution >= 4 is 5.97 Å². The maximum Gasteiger partial charge on any atom is 0.320 e. The molecule has 1 saturated heterocycles. The maximum absolute atomic E-state index is 10.8. The number of aliphatic hydroxyl groups is 1. The number of hydrogen-bond donors (Lipinski definition) is 2. The van der Waals surface area contributed by atoms with Gasteiger partial charge in [0.15, 0.2) is 0 Å². The van der Waals surface area contributed by atoms with Gasteiger partial charge in [0.1, 0.15) is 6.04 Å². The van der Waals surface area contributed by atoms with Gasteiger partial charge in [-0.05, 0) is 13.8 Å². The zero-order chi connectivity index (χ0) is 11.4. The number of rotatable bonds is 4. The van der Waals surface area contributed by atoms with Crippen LogP contribution in [-0.2, 0) is 4.79 Å². The minimum absolute atomic E-state index is 0.312. The van der Waals surface area contributed by atoms with Crippen molar-refractivity contribution in [3.05, 3.63) is 0 Å². The molecule has 0 aromatic heterocycles. The lowest BCUT2D eigenvalue weighted by atomic mass is 10.2. The van der Waals surface area contributed by atoms with Crippen LogP contribution >= 0.6 is 0 Å². The molecule has 5 heteroatoms. The third-order valence-electron chi connectivity index (χ3n) is 2.83. The van der Waals surface area contributed by atoms with Crippen LogP contribution in [0.15, 0.2) is 0 Å². The molecule has 2 atom stereocenters. The Hall–Kier alpha value is -0.650. The molecule has 1 aliphatic heterocycles. The first-order chi connectivity index (χ1) is 7.00. The molecule has 5 nitrogen and oxygen atoms in total. The summed E-state index contributed by atoms with van der Waals surface area (Å²) in [5.41, 5.74) is 0. The zero-order valence-corrected chi connectivity index (χ0v) is 9.39. The van der Waals surface area contributed by atoms with Gasteiger partial charge in [0.2, 0.25) is 0 Å². The normalized spacial score (nSPS) is 23.7. The average molecular weight is 216 g/mol. The van der Waals surface area contributed by atoms with Crippen LogP contribution in [0.5, 0.6) is 0 Å². The van der Waals surface area contributed by atoms with Crippen molar-refractivity contribution < 1.29 is 15.0 Å². The van der Waals surface area contributed by atoms with Crippen molar-refractivity contribution in [2.75, 3.05) is 32.7 Å². The summed E-state index contributed by atoms with van der Waals surface area (Å²) in [5.74, 6) is -0.765. The van der Waals surface area contributed by atoms with Crippen LogP contribution in [-0.4, -0.2) is 70.9 Å². The predicted molar refractivity (Wildman–Crippen MR) is 56.8 cm³/mol. The number of β-amino-alcohol motifs (C(OH)–C–C–N with tert-alkyl or cyclic N) is 1. The number of nitrogens with zero attached hydrogens (tertiary/aromatic N) is 2. The van der Waals surface area contributed by atoms with E-state index in [0.717, 1.165) is 26.2 Å². The van der Waals surface area contributed by atoms with Crippen LogP contribution < -0.4 is 0 Å². The second-order valence-corrected chi connectivity index (χ2v) is 4.20. The minimum Gasteiger partial charge on any atom is -0.480 e. The fraction of sp³-hybridized carbons (Fsp3) is 0.900. The quantitative estimate of drug-likeness (QED) is 0.660. The molecule has 1 rings (SSSR count). The molecule has 0 aromatic rings. The molecule has 2 N–H and O–H groups in total. The van der Waals surface area contributed by atoms with Gasteiger partial charge < -0.3 is 10.2 Å². The van der Waals surface area contributed by atoms with Crippen LogP contribution in [0.1, 0.15) is 13.8 Å². The van der Waals surface area contributed by atoms with Crippen molar-refractivity contribution in [2.45, 2.75) is 26.0 Å². The molecule has 88 valence electrons. The molecule has 1 heterocycles. The van der Waals surface area contributed by atoms with Gasteiger partial charge in [-0.2, -0.15) is 0 Å². The molecule has 1 aliphatic rings. The fourth-order valence-corrected chi connectivity index (χ4v) is 1.86. The lowest BCUT2D eigenvalue weighted by Gasteiger charge is -2.36. The van der Waals surface area contributed by atoms with Crippen LogP contribution in [0.25, 0.3) is 0 Å². The van der Waals surface area contributed by atoms with Gasteiger partial charge in [0.05, 0.1) is 6.10 Å². The average Bonchev–Trinajstić information content (AvgIpc) is 2.17. The summed E-state index contributed by atoms with van der Waals surface area (Å²) in [5, 5.41) is 18.1. The van der Waals surface area contributed by atoms with Crippen LogP contribution in [0.4, 0.5) is 0 Å². The Morgan fingerprint density at radius 2 is 1.80 bits per heavy atom. The standard InChI is InChI=1S/C10H20N2O3/c1-8(13)7-11-3-5-12(6-4-11)9(2)10(14)15/h8-9,13H,3-7H2,1-2H3,(H,14,15).